The molecule has 19 heavy (non-hydrogen) atoms. The van der Waals surface area contributed by atoms with Gasteiger partial charge in [0.1, 0.15) is 0 Å². The van der Waals surface area contributed by atoms with Gasteiger partial charge in [0.2, 0.25) is 0 Å². The van der Waals surface area contributed by atoms with E-state index in [9.17, 15) is 0 Å². The molecule has 1 unspecified atom stereocenters. The van der Waals surface area contributed by atoms with Crippen molar-refractivity contribution >= 4 is 0 Å². The van der Waals surface area contributed by atoms with Crippen LogP contribution in [0.5, 0.6) is 0 Å². The lowest BCUT2D eigenvalue weighted by molar-refractivity contribution is 0.136. The first-order valence-electron chi connectivity index (χ1n) is 7.55. The maximum atomic E-state index is 2.66. The van der Waals surface area contributed by atoms with E-state index in [2.05, 4.69) is 69.0 Å². The van der Waals surface area contributed by atoms with Crippen LogP contribution in [0.25, 0.3) is 0 Å². The van der Waals surface area contributed by atoms with Gasteiger partial charge in [-0.25, -0.2) is 0 Å². The molecule has 1 heterocycles. The van der Waals surface area contributed by atoms with Crippen molar-refractivity contribution in [3.63, 3.8) is 0 Å². The summed E-state index contributed by atoms with van der Waals surface area (Å²) < 4.78 is 0. The fourth-order valence-electron chi connectivity index (χ4n) is 3.35. The Bertz CT molecular complexity index is 430. The quantitative estimate of drug-likeness (QED) is 0.710. The Morgan fingerprint density at radius 1 is 1.16 bits per heavy atom. The zero-order valence-electron chi connectivity index (χ0n) is 12.8. The Labute approximate surface area is 118 Å². The summed E-state index contributed by atoms with van der Waals surface area (Å²) in [6.45, 7) is 11.5. The lowest BCUT2D eigenvalue weighted by Gasteiger charge is -2.43. The summed E-state index contributed by atoms with van der Waals surface area (Å²) in [6, 6.07) is 11.5. The number of hydrogen-bond donors (Lipinski definition) is 0. The fraction of sp³-hybridized carbons (Fsp3) is 0.556. The number of hydrogen-bond acceptors (Lipinski definition) is 1. The Balaban J connectivity index is 2.21. The van der Waals surface area contributed by atoms with Crippen LogP contribution in [0.15, 0.2) is 42.0 Å². The maximum absolute atomic E-state index is 2.66. The molecule has 1 nitrogen and oxygen atoms in total. The molecule has 1 aliphatic heterocycles. The summed E-state index contributed by atoms with van der Waals surface area (Å²) in [5.74, 6) is 0. The van der Waals surface area contributed by atoms with Crippen LogP contribution in [0.2, 0.25) is 0 Å². The van der Waals surface area contributed by atoms with E-state index in [0.717, 1.165) is 13.1 Å². The summed E-state index contributed by atoms with van der Waals surface area (Å²) in [4.78, 5) is 2.66. The zero-order valence-corrected chi connectivity index (χ0v) is 12.8. The van der Waals surface area contributed by atoms with Crippen LogP contribution in [0, 0.1) is 5.41 Å². The number of benzene rings is 1. The van der Waals surface area contributed by atoms with Gasteiger partial charge < -0.3 is 0 Å². The lowest BCUT2D eigenvalue weighted by atomic mass is 9.81. The largest absolute Gasteiger partial charge is 0.292 e. The van der Waals surface area contributed by atoms with Gasteiger partial charge in [-0.3, -0.25) is 4.90 Å². The molecule has 1 heteroatoms. The van der Waals surface area contributed by atoms with Crippen molar-refractivity contribution in [2.24, 2.45) is 5.41 Å². The fourth-order valence-corrected chi connectivity index (χ4v) is 3.35. The Kier molecular flexibility index (Phi) is 4.46. The van der Waals surface area contributed by atoms with Gasteiger partial charge in [-0.05, 0) is 23.8 Å². The van der Waals surface area contributed by atoms with Crippen molar-refractivity contribution in [3.05, 3.63) is 47.5 Å². The molecule has 0 radical (unpaired) electrons. The van der Waals surface area contributed by atoms with Crippen molar-refractivity contribution in [1.82, 2.24) is 4.90 Å². The Morgan fingerprint density at radius 3 is 2.42 bits per heavy atom. The summed E-state index contributed by atoms with van der Waals surface area (Å²) in [6.07, 6.45) is 4.90. The molecule has 104 valence electrons. The van der Waals surface area contributed by atoms with Crippen LogP contribution < -0.4 is 0 Å². The summed E-state index contributed by atoms with van der Waals surface area (Å²) in [5, 5.41) is 0. The third kappa shape index (κ3) is 3.48. The highest BCUT2D eigenvalue weighted by molar-refractivity contribution is 5.21. The van der Waals surface area contributed by atoms with Crippen LogP contribution in [0.4, 0.5) is 0 Å². The molecule has 2 rings (SSSR count). The van der Waals surface area contributed by atoms with Crippen LogP contribution in [0.3, 0.4) is 0 Å². The van der Waals surface area contributed by atoms with E-state index in [1.165, 1.54) is 18.4 Å². The molecule has 0 saturated carbocycles. The van der Waals surface area contributed by atoms with Crippen molar-refractivity contribution < 1.29 is 0 Å². The Morgan fingerprint density at radius 2 is 1.84 bits per heavy atom. The average Bonchev–Trinajstić information content (AvgIpc) is 2.38. The minimum atomic E-state index is 0.297. The maximum Gasteiger partial charge on any atom is 0.0308 e. The average molecular weight is 257 g/mol. The van der Waals surface area contributed by atoms with Crippen LogP contribution in [0.1, 0.15) is 46.1 Å². The summed E-state index contributed by atoms with van der Waals surface area (Å²) in [5.41, 5.74) is 3.34. The van der Waals surface area contributed by atoms with E-state index in [4.69, 9.17) is 0 Å². The molecule has 1 atom stereocenters. The van der Waals surface area contributed by atoms with Gasteiger partial charge >= 0.3 is 0 Å². The molecule has 0 spiro atoms. The summed E-state index contributed by atoms with van der Waals surface area (Å²) in [7, 11) is 0. The van der Waals surface area contributed by atoms with Gasteiger partial charge in [0.05, 0.1) is 0 Å². The number of nitrogens with zero attached hydrogens (tertiary/aromatic N) is 1. The minimum Gasteiger partial charge on any atom is -0.292 e. The van der Waals surface area contributed by atoms with E-state index in [1.807, 2.05) is 0 Å². The molecule has 0 fully saturated rings. The smallest absolute Gasteiger partial charge is 0.0308 e. The second-order valence-corrected chi connectivity index (χ2v) is 6.38. The second kappa shape index (κ2) is 5.92. The third-order valence-corrected chi connectivity index (χ3v) is 4.08. The van der Waals surface area contributed by atoms with Gasteiger partial charge in [0, 0.05) is 19.1 Å². The molecule has 0 aromatic heterocycles. The normalized spacial score (nSPS) is 23.2. The van der Waals surface area contributed by atoms with Crippen LogP contribution in [-0.4, -0.2) is 17.5 Å². The predicted octanol–water partition coefficient (Wildman–Crippen LogP) is 4.64. The highest BCUT2D eigenvalue weighted by atomic mass is 15.2. The molecule has 0 amide bonds. The lowest BCUT2D eigenvalue weighted by Crippen LogP contribution is -2.45. The monoisotopic (exact) mass is 257 g/mol. The molecular weight excluding hydrogens is 230 g/mol. The highest BCUT2D eigenvalue weighted by Gasteiger charge is 2.31. The summed E-state index contributed by atoms with van der Waals surface area (Å²) >= 11 is 0. The van der Waals surface area contributed by atoms with Crippen LogP contribution in [-0.2, 0) is 6.54 Å². The molecule has 1 aromatic rings. The molecule has 0 aliphatic carbocycles. The highest BCUT2D eigenvalue weighted by Crippen LogP contribution is 2.33. The van der Waals surface area contributed by atoms with Gasteiger partial charge in [-0.2, -0.15) is 0 Å². The Hall–Kier alpha value is -1.08. The zero-order chi connectivity index (χ0) is 13.9. The molecule has 0 saturated heterocycles. The van der Waals surface area contributed by atoms with E-state index < -0.39 is 0 Å². The van der Waals surface area contributed by atoms with Crippen LogP contribution >= 0.6 is 0 Å². The van der Waals surface area contributed by atoms with Crippen molar-refractivity contribution in [1.29, 1.82) is 0 Å². The second-order valence-electron chi connectivity index (χ2n) is 6.38. The van der Waals surface area contributed by atoms with E-state index in [-0.39, 0.29) is 0 Å². The van der Waals surface area contributed by atoms with Gasteiger partial charge in [-0.15, -0.1) is 0 Å². The molecule has 0 N–H and O–H groups in total. The standard InChI is InChI=1S/C18H27N/c1-5-16-12-18(3,4)14-19(17(16)6-2)13-15-10-8-7-9-11-15/h7-12,17H,5-6,13-14H2,1-4H3. The predicted molar refractivity (Wildman–Crippen MR) is 83.1 cm³/mol. The first-order valence-corrected chi connectivity index (χ1v) is 7.55. The van der Waals surface area contributed by atoms with Crippen molar-refractivity contribution in [2.75, 3.05) is 6.54 Å². The van der Waals surface area contributed by atoms with E-state index >= 15 is 0 Å². The SMILES string of the molecule is CCC1=CC(C)(C)CN(Cc2ccccc2)C1CC. The minimum absolute atomic E-state index is 0.297. The molecular formula is C18H27N. The molecule has 0 bridgehead atoms. The van der Waals surface area contributed by atoms with E-state index in [1.54, 1.807) is 5.57 Å². The van der Waals surface area contributed by atoms with E-state index in [0.29, 0.717) is 11.5 Å². The van der Waals surface area contributed by atoms with Gasteiger partial charge in [0.25, 0.3) is 0 Å². The third-order valence-electron chi connectivity index (χ3n) is 4.08. The van der Waals surface area contributed by atoms with Crippen molar-refractivity contribution in [2.45, 2.75) is 53.1 Å². The first-order chi connectivity index (χ1) is 9.05. The topological polar surface area (TPSA) is 3.24 Å². The first kappa shape index (κ1) is 14.3. The van der Waals surface area contributed by atoms with Gasteiger partial charge in [-0.1, -0.05) is 69.7 Å². The van der Waals surface area contributed by atoms with Gasteiger partial charge in [0.15, 0.2) is 0 Å². The molecule has 1 aromatic carbocycles. The van der Waals surface area contributed by atoms with Crippen molar-refractivity contribution in [3.8, 4) is 0 Å². The number of rotatable bonds is 4. The molecule has 1 aliphatic rings.